The van der Waals surface area contributed by atoms with Gasteiger partial charge in [-0.05, 0) is 37.5 Å². The van der Waals surface area contributed by atoms with Gasteiger partial charge in [0.2, 0.25) is 5.91 Å². The average molecular weight is 250 g/mol. The Morgan fingerprint density at radius 2 is 2.11 bits per heavy atom. The lowest BCUT2D eigenvalue weighted by molar-refractivity contribution is -0.152. The zero-order valence-electron chi connectivity index (χ0n) is 10.6. The first-order valence-corrected chi connectivity index (χ1v) is 5.92. The molecule has 5 heteroatoms. The van der Waals surface area contributed by atoms with E-state index >= 15 is 0 Å². The fourth-order valence-electron chi connectivity index (χ4n) is 2.21. The van der Waals surface area contributed by atoms with Crippen LogP contribution in [0.4, 0.5) is 5.69 Å². The van der Waals surface area contributed by atoms with E-state index in [2.05, 4.69) is 0 Å². The number of nitrogens with two attached hydrogens (primary N) is 1. The maximum absolute atomic E-state index is 11.9. The van der Waals surface area contributed by atoms with Gasteiger partial charge in [0, 0.05) is 18.3 Å². The Kier molecular flexibility index (Phi) is 3.14. The Morgan fingerprint density at radius 3 is 2.72 bits per heavy atom. The molecule has 1 aliphatic rings. The second-order valence-electron chi connectivity index (χ2n) is 4.91. The summed E-state index contributed by atoms with van der Waals surface area (Å²) in [5.74, 6) is -1.98. The smallest absolute Gasteiger partial charge is 0.243 e. The molecule has 4 N–H and O–H groups in total. The molecular formula is C13H18N2O3. The topological polar surface area (TPSA) is 86.8 Å². The summed E-state index contributed by atoms with van der Waals surface area (Å²) in [7, 11) is 1.68. The summed E-state index contributed by atoms with van der Waals surface area (Å²) in [6.45, 7) is 1.31. The second kappa shape index (κ2) is 4.35. The maximum Gasteiger partial charge on any atom is 0.243 e. The number of aliphatic hydroxyl groups is 2. The van der Waals surface area contributed by atoms with Crippen LogP contribution in [0.3, 0.4) is 0 Å². The van der Waals surface area contributed by atoms with Gasteiger partial charge in [-0.2, -0.15) is 0 Å². The quantitative estimate of drug-likeness (QED) is 0.616. The predicted molar refractivity (Wildman–Crippen MR) is 67.9 cm³/mol. The van der Waals surface area contributed by atoms with E-state index in [1.54, 1.807) is 25.2 Å². The van der Waals surface area contributed by atoms with Crippen LogP contribution in [0.25, 0.3) is 0 Å². The van der Waals surface area contributed by atoms with Crippen molar-refractivity contribution in [2.75, 3.05) is 11.9 Å². The lowest BCUT2D eigenvalue weighted by Gasteiger charge is -2.22. The SMILES string of the molecule is CN1C(=O)C(N)CCc2cc(C(C)(O)O)ccc21. The molecule has 1 aromatic carbocycles. The molecule has 1 heterocycles. The number of carbonyl (C=O) groups excluding carboxylic acids is 1. The normalized spacial score (nSPS) is 20.6. The number of nitrogens with zero attached hydrogens (tertiary/aromatic N) is 1. The Hall–Kier alpha value is -1.43. The number of aryl methyl sites for hydroxylation is 1. The van der Waals surface area contributed by atoms with Crippen molar-refractivity contribution in [1.29, 1.82) is 0 Å². The summed E-state index contributed by atoms with van der Waals surface area (Å²) in [5.41, 5.74) is 7.88. The summed E-state index contributed by atoms with van der Waals surface area (Å²) < 4.78 is 0. The van der Waals surface area contributed by atoms with Crippen LogP contribution in [0.2, 0.25) is 0 Å². The molecule has 1 unspecified atom stereocenters. The number of carbonyl (C=O) groups is 1. The highest BCUT2D eigenvalue weighted by Crippen LogP contribution is 2.29. The Bertz CT molecular complexity index is 480. The van der Waals surface area contributed by atoms with E-state index in [4.69, 9.17) is 5.73 Å². The average Bonchev–Trinajstić information content (AvgIpc) is 2.41. The van der Waals surface area contributed by atoms with Crippen LogP contribution < -0.4 is 10.6 Å². The fraction of sp³-hybridized carbons (Fsp3) is 0.462. The minimum Gasteiger partial charge on any atom is -0.362 e. The first-order chi connectivity index (χ1) is 8.30. The van der Waals surface area contributed by atoms with Crippen molar-refractivity contribution in [2.24, 2.45) is 5.73 Å². The third-order valence-corrected chi connectivity index (χ3v) is 3.36. The molecule has 0 saturated carbocycles. The van der Waals surface area contributed by atoms with E-state index in [0.29, 0.717) is 18.4 Å². The zero-order valence-corrected chi connectivity index (χ0v) is 10.6. The summed E-state index contributed by atoms with van der Waals surface area (Å²) in [6.07, 6.45) is 1.21. The highest BCUT2D eigenvalue weighted by atomic mass is 16.5. The molecule has 1 aliphatic heterocycles. The monoisotopic (exact) mass is 250 g/mol. The molecule has 1 atom stereocenters. The molecule has 0 spiro atoms. The highest BCUT2D eigenvalue weighted by molar-refractivity contribution is 5.98. The molecule has 0 aliphatic carbocycles. The first-order valence-electron chi connectivity index (χ1n) is 5.92. The molecule has 0 aromatic heterocycles. The van der Waals surface area contributed by atoms with Gasteiger partial charge >= 0.3 is 0 Å². The highest BCUT2D eigenvalue weighted by Gasteiger charge is 2.27. The third-order valence-electron chi connectivity index (χ3n) is 3.36. The summed E-state index contributed by atoms with van der Waals surface area (Å²) in [4.78, 5) is 13.4. The molecule has 0 radical (unpaired) electrons. The molecule has 0 fully saturated rings. The van der Waals surface area contributed by atoms with Gasteiger partial charge in [-0.1, -0.05) is 6.07 Å². The molecule has 0 saturated heterocycles. The molecule has 1 aromatic rings. The lowest BCUT2D eigenvalue weighted by Crippen LogP contribution is -2.40. The zero-order chi connectivity index (χ0) is 13.5. The van der Waals surface area contributed by atoms with Gasteiger partial charge < -0.3 is 20.8 Å². The largest absolute Gasteiger partial charge is 0.362 e. The van der Waals surface area contributed by atoms with Gasteiger partial charge in [-0.25, -0.2) is 0 Å². The minimum atomic E-state index is -1.87. The second-order valence-corrected chi connectivity index (χ2v) is 4.91. The van der Waals surface area contributed by atoms with Crippen molar-refractivity contribution < 1.29 is 15.0 Å². The molecular weight excluding hydrogens is 232 g/mol. The number of anilines is 1. The molecule has 98 valence electrons. The number of likely N-dealkylation sites (N-methyl/N-ethyl adjacent to an activating group) is 1. The van der Waals surface area contributed by atoms with Crippen LogP contribution in [0.15, 0.2) is 18.2 Å². The first kappa shape index (κ1) is 13.0. The molecule has 5 nitrogen and oxygen atoms in total. The number of benzene rings is 1. The number of fused-ring (bicyclic) bond motifs is 1. The molecule has 2 rings (SSSR count). The van der Waals surface area contributed by atoms with E-state index in [1.165, 1.54) is 11.8 Å². The summed E-state index contributed by atoms with van der Waals surface area (Å²) >= 11 is 0. The van der Waals surface area contributed by atoms with Gasteiger partial charge in [0.05, 0.1) is 6.04 Å². The molecule has 18 heavy (non-hydrogen) atoms. The van der Waals surface area contributed by atoms with Crippen molar-refractivity contribution in [2.45, 2.75) is 31.6 Å². The van der Waals surface area contributed by atoms with Crippen molar-refractivity contribution in [3.05, 3.63) is 29.3 Å². The Labute approximate surface area is 106 Å². The van der Waals surface area contributed by atoms with Crippen LogP contribution >= 0.6 is 0 Å². The molecule has 0 bridgehead atoms. The lowest BCUT2D eigenvalue weighted by atomic mass is 9.99. The van der Waals surface area contributed by atoms with Crippen molar-refractivity contribution in [3.63, 3.8) is 0 Å². The van der Waals surface area contributed by atoms with Gasteiger partial charge in [0.25, 0.3) is 0 Å². The number of hydrogen-bond acceptors (Lipinski definition) is 4. The van der Waals surface area contributed by atoms with Gasteiger partial charge in [0.15, 0.2) is 5.79 Å². The summed E-state index contributed by atoms with van der Waals surface area (Å²) in [6, 6.07) is 4.56. The van der Waals surface area contributed by atoms with Crippen LogP contribution in [-0.2, 0) is 17.0 Å². The third kappa shape index (κ3) is 2.25. The van der Waals surface area contributed by atoms with Gasteiger partial charge in [-0.15, -0.1) is 0 Å². The van der Waals surface area contributed by atoms with Crippen LogP contribution in [0.5, 0.6) is 0 Å². The number of rotatable bonds is 1. The summed E-state index contributed by atoms with van der Waals surface area (Å²) in [5, 5.41) is 19.2. The molecule has 1 amide bonds. The Morgan fingerprint density at radius 1 is 1.44 bits per heavy atom. The van der Waals surface area contributed by atoms with E-state index < -0.39 is 11.8 Å². The maximum atomic E-state index is 11.9. The number of hydrogen-bond donors (Lipinski definition) is 3. The van der Waals surface area contributed by atoms with Crippen molar-refractivity contribution >= 4 is 11.6 Å². The fourth-order valence-corrected chi connectivity index (χ4v) is 2.21. The van der Waals surface area contributed by atoms with Gasteiger partial charge in [0.1, 0.15) is 0 Å². The van der Waals surface area contributed by atoms with Crippen LogP contribution in [0, 0.1) is 0 Å². The van der Waals surface area contributed by atoms with Gasteiger partial charge in [-0.3, -0.25) is 4.79 Å². The van der Waals surface area contributed by atoms with Crippen LogP contribution in [-0.4, -0.2) is 29.2 Å². The van der Waals surface area contributed by atoms with E-state index in [0.717, 1.165) is 11.3 Å². The van der Waals surface area contributed by atoms with E-state index in [9.17, 15) is 15.0 Å². The standard InChI is InChI=1S/C13H18N2O3/c1-13(17,18)9-4-6-11-8(7-9)3-5-10(14)12(16)15(11)2/h4,6-7,10,17-18H,3,5,14H2,1-2H3. The van der Waals surface area contributed by atoms with Crippen molar-refractivity contribution in [3.8, 4) is 0 Å². The van der Waals surface area contributed by atoms with Crippen LogP contribution in [0.1, 0.15) is 24.5 Å². The predicted octanol–water partition coefficient (Wildman–Crippen LogP) is 0.0802. The minimum absolute atomic E-state index is 0.114. The van der Waals surface area contributed by atoms with Crippen molar-refractivity contribution in [1.82, 2.24) is 0 Å². The number of amides is 1. The van der Waals surface area contributed by atoms with E-state index in [-0.39, 0.29) is 5.91 Å². The Balaban J connectivity index is 2.46. The van der Waals surface area contributed by atoms with E-state index in [1.807, 2.05) is 0 Å².